The second-order valence-electron chi connectivity index (χ2n) is 5.42. The van der Waals surface area contributed by atoms with Crippen LogP contribution in [0.5, 0.6) is 0 Å². The van der Waals surface area contributed by atoms with E-state index in [0.29, 0.717) is 21.6 Å². The number of anilines is 1. The van der Waals surface area contributed by atoms with Crippen LogP contribution in [0.1, 0.15) is 29.0 Å². The maximum atomic E-state index is 12.3. The summed E-state index contributed by atoms with van der Waals surface area (Å²) in [5.74, 6) is -0.308. The van der Waals surface area contributed by atoms with E-state index in [1.807, 2.05) is 6.92 Å². The van der Waals surface area contributed by atoms with Crippen molar-refractivity contribution in [2.75, 3.05) is 11.0 Å². The molecule has 1 amide bonds. The van der Waals surface area contributed by atoms with E-state index in [0.717, 1.165) is 11.8 Å². The van der Waals surface area contributed by atoms with Crippen molar-refractivity contribution in [3.63, 3.8) is 0 Å². The summed E-state index contributed by atoms with van der Waals surface area (Å²) in [5, 5.41) is 3.46. The van der Waals surface area contributed by atoms with Gasteiger partial charge in [-0.3, -0.25) is 9.52 Å². The molecule has 2 rings (SSSR count). The lowest BCUT2D eigenvalue weighted by Gasteiger charge is -2.15. The Hall–Kier alpha value is -1.70. The van der Waals surface area contributed by atoms with Gasteiger partial charge in [0.25, 0.3) is 5.91 Å². The standard InChI is InChI=1S/C15H17Cl2N3O3S/c1-9(10-4-6-11(7-5-10)19-24(3,22)23)18-15(21)13-8-12(16)14(17)20(13)2/h4-9,19H,1-3H3,(H,18,21). The number of aromatic nitrogens is 1. The number of rotatable bonds is 5. The zero-order valence-electron chi connectivity index (χ0n) is 13.3. The van der Waals surface area contributed by atoms with E-state index in [1.165, 1.54) is 10.6 Å². The summed E-state index contributed by atoms with van der Waals surface area (Å²) in [7, 11) is -1.67. The van der Waals surface area contributed by atoms with E-state index in [4.69, 9.17) is 23.2 Å². The van der Waals surface area contributed by atoms with Gasteiger partial charge in [-0.25, -0.2) is 8.42 Å². The van der Waals surface area contributed by atoms with Crippen molar-refractivity contribution in [2.45, 2.75) is 13.0 Å². The zero-order chi connectivity index (χ0) is 18.1. The lowest BCUT2D eigenvalue weighted by atomic mass is 10.1. The van der Waals surface area contributed by atoms with Crippen LogP contribution in [0.15, 0.2) is 30.3 Å². The Morgan fingerprint density at radius 2 is 1.79 bits per heavy atom. The van der Waals surface area contributed by atoms with E-state index in [9.17, 15) is 13.2 Å². The minimum atomic E-state index is -3.32. The molecule has 0 saturated heterocycles. The van der Waals surface area contributed by atoms with Crippen molar-refractivity contribution in [1.82, 2.24) is 9.88 Å². The number of sulfonamides is 1. The summed E-state index contributed by atoms with van der Waals surface area (Å²) in [6.07, 6.45) is 1.08. The number of carbonyl (C=O) groups is 1. The molecule has 0 aliphatic heterocycles. The van der Waals surface area contributed by atoms with Gasteiger partial charge in [-0.2, -0.15) is 0 Å². The second-order valence-corrected chi connectivity index (χ2v) is 7.93. The average molecular weight is 390 g/mol. The molecule has 0 fully saturated rings. The lowest BCUT2D eigenvalue weighted by molar-refractivity contribution is 0.0931. The first-order valence-corrected chi connectivity index (χ1v) is 9.62. The maximum absolute atomic E-state index is 12.3. The third-order valence-electron chi connectivity index (χ3n) is 3.41. The van der Waals surface area contributed by atoms with E-state index >= 15 is 0 Å². The molecule has 0 saturated carbocycles. The van der Waals surface area contributed by atoms with Crippen LogP contribution in [0.25, 0.3) is 0 Å². The van der Waals surface area contributed by atoms with E-state index in [1.54, 1.807) is 31.3 Å². The first-order chi connectivity index (χ1) is 11.1. The smallest absolute Gasteiger partial charge is 0.268 e. The van der Waals surface area contributed by atoms with Gasteiger partial charge in [0.2, 0.25) is 10.0 Å². The van der Waals surface area contributed by atoms with Crippen molar-refractivity contribution in [2.24, 2.45) is 7.05 Å². The summed E-state index contributed by atoms with van der Waals surface area (Å²) in [4.78, 5) is 12.3. The van der Waals surface area contributed by atoms with Gasteiger partial charge in [0.05, 0.1) is 17.3 Å². The van der Waals surface area contributed by atoms with Crippen molar-refractivity contribution in [3.8, 4) is 0 Å². The molecule has 24 heavy (non-hydrogen) atoms. The fourth-order valence-corrected chi connectivity index (χ4v) is 3.11. The Morgan fingerprint density at radius 1 is 1.21 bits per heavy atom. The first-order valence-electron chi connectivity index (χ1n) is 6.98. The lowest BCUT2D eigenvalue weighted by Crippen LogP contribution is -2.28. The number of benzene rings is 1. The predicted molar refractivity (Wildman–Crippen MR) is 96.2 cm³/mol. The Balaban J connectivity index is 2.10. The van der Waals surface area contributed by atoms with E-state index in [-0.39, 0.29) is 11.9 Å². The van der Waals surface area contributed by atoms with E-state index < -0.39 is 10.0 Å². The van der Waals surface area contributed by atoms with Crippen LogP contribution in [0.2, 0.25) is 10.2 Å². The maximum Gasteiger partial charge on any atom is 0.268 e. The fourth-order valence-electron chi connectivity index (χ4n) is 2.17. The Labute approximate surface area is 150 Å². The molecule has 0 radical (unpaired) electrons. The molecule has 1 aromatic carbocycles. The average Bonchev–Trinajstić information content (AvgIpc) is 2.74. The number of nitrogens with one attached hydrogen (secondary N) is 2. The number of amides is 1. The predicted octanol–water partition coefficient (Wildman–Crippen LogP) is 3.19. The topological polar surface area (TPSA) is 80.2 Å². The molecule has 0 aliphatic rings. The number of nitrogens with zero attached hydrogens (tertiary/aromatic N) is 1. The van der Waals surface area contributed by atoms with Crippen molar-refractivity contribution >= 4 is 44.8 Å². The minimum Gasteiger partial charge on any atom is -0.344 e. The van der Waals surface area contributed by atoms with Gasteiger partial charge < -0.3 is 9.88 Å². The Kier molecular flexibility index (Phi) is 5.47. The monoisotopic (exact) mass is 389 g/mol. The van der Waals surface area contributed by atoms with Crippen molar-refractivity contribution in [3.05, 3.63) is 51.8 Å². The highest BCUT2D eigenvalue weighted by atomic mass is 35.5. The molecule has 2 N–H and O–H groups in total. The number of hydrogen-bond acceptors (Lipinski definition) is 3. The number of carbonyl (C=O) groups excluding carboxylic acids is 1. The van der Waals surface area contributed by atoms with Crippen molar-refractivity contribution in [1.29, 1.82) is 0 Å². The summed E-state index contributed by atoms with van der Waals surface area (Å²) < 4.78 is 26.3. The quantitative estimate of drug-likeness (QED) is 0.823. The molecular weight excluding hydrogens is 373 g/mol. The summed E-state index contributed by atoms with van der Waals surface area (Å²) in [6.45, 7) is 1.82. The molecule has 9 heteroatoms. The second kappa shape index (κ2) is 7.04. The molecule has 1 heterocycles. The summed E-state index contributed by atoms with van der Waals surface area (Å²) >= 11 is 11.9. The van der Waals surface area contributed by atoms with Crippen LogP contribution in [-0.4, -0.2) is 25.1 Å². The fraction of sp³-hybridized carbons (Fsp3) is 0.267. The molecule has 130 valence electrons. The normalized spacial score (nSPS) is 12.7. The highest BCUT2D eigenvalue weighted by Gasteiger charge is 2.18. The van der Waals surface area contributed by atoms with Crippen LogP contribution >= 0.6 is 23.2 Å². The summed E-state index contributed by atoms with van der Waals surface area (Å²) in [5.41, 5.74) is 1.64. The molecule has 6 nitrogen and oxygen atoms in total. The van der Waals surface area contributed by atoms with Gasteiger partial charge in [-0.15, -0.1) is 0 Å². The molecule has 1 aromatic heterocycles. The highest BCUT2D eigenvalue weighted by molar-refractivity contribution is 7.92. The van der Waals surface area contributed by atoms with E-state index in [2.05, 4.69) is 10.0 Å². The third-order valence-corrected chi connectivity index (χ3v) is 4.86. The molecule has 0 spiro atoms. The highest BCUT2D eigenvalue weighted by Crippen LogP contribution is 2.25. The largest absolute Gasteiger partial charge is 0.344 e. The van der Waals surface area contributed by atoms with Gasteiger partial charge >= 0.3 is 0 Å². The van der Waals surface area contributed by atoms with Crippen LogP contribution in [0, 0.1) is 0 Å². The molecular formula is C15H17Cl2N3O3S. The minimum absolute atomic E-state index is 0.280. The van der Waals surface area contributed by atoms with Crippen LogP contribution in [0.3, 0.4) is 0 Å². The van der Waals surface area contributed by atoms with Gasteiger partial charge in [-0.05, 0) is 30.7 Å². The summed E-state index contributed by atoms with van der Waals surface area (Å²) in [6, 6.07) is 7.97. The van der Waals surface area contributed by atoms with Crippen molar-refractivity contribution < 1.29 is 13.2 Å². The SMILES string of the molecule is CC(NC(=O)c1cc(Cl)c(Cl)n1C)c1ccc(NS(C)(=O)=O)cc1. The Bertz CT molecular complexity index is 861. The van der Waals surface area contributed by atoms with Crippen LogP contribution < -0.4 is 10.0 Å². The van der Waals surface area contributed by atoms with Crippen LogP contribution in [-0.2, 0) is 17.1 Å². The molecule has 2 aromatic rings. The molecule has 0 bridgehead atoms. The van der Waals surface area contributed by atoms with Gasteiger partial charge in [0.1, 0.15) is 10.8 Å². The van der Waals surface area contributed by atoms with Gasteiger partial charge in [-0.1, -0.05) is 35.3 Å². The Morgan fingerprint density at radius 3 is 2.25 bits per heavy atom. The third kappa shape index (κ3) is 4.43. The zero-order valence-corrected chi connectivity index (χ0v) is 15.6. The van der Waals surface area contributed by atoms with Gasteiger partial charge in [0, 0.05) is 12.7 Å². The van der Waals surface area contributed by atoms with Crippen LogP contribution in [0.4, 0.5) is 5.69 Å². The first kappa shape index (κ1) is 18.6. The molecule has 1 atom stereocenters. The number of hydrogen-bond donors (Lipinski definition) is 2. The number of halogens is 2. The molecule has 0 aliphatic carbocycles. The van der Waals surface area contributed by atoms with Gasteiger partial charge in [0.15, 0.2) is 0 Å². The molecule has 1 unspecified atom stereocenters.